The van der Waals surface area contributed by atoms with E-state index in [2.05, 4.69) is 15.6 Å². The Kier molecular flexibility index (Phi) is 4.42. The van der Waals surface area contributed by atoms with E-state index in [4.69, 9.17) is 13.9 Å². The van der Waals surface area contributed by atoms with Crippen LogP contribution < -0.4 is 20.1 Å². The summed E-state index contributed by atoms with van der Waals surface area (Å²) in [6.45, 7) is 1.15. The van der Waals surface area contributed by atoms with Gasteiger partial charge in [0.25, 0.3) is 5.91 Å². The van der Waals surface area contributed by atoms with Gasteiger partial charge in [0.1, 0.15) is 11.6 Å². The second-order valence-corrected chi connectivity index (χ2v) is 5.73. The zero-order chi connectivity index (χ0) is 17.8. The summed E-state index contributed by atoms with van der Waals surface area (Å²) < 4.78 is 15.9. The van der Waals surface area contributed by atoms with Crippen LogP contribution in [0.1, 0.15) is 21.7 Å². The van der Waals surface area contributed by atoms with Crippen molar-refractivity contribution in [2.75, 3.05) is 12.1 Å². The molecule has 0 spiro atoms. The first-order chi connectivity index (χ1) is 12.8. The average Bonchev–Trinajstić information content (AvgIpc) is 3.35. The number of pyridine rings is 1. The largest absolute Gasteiger partial charge is 0.467 e. The molecule has 1 aliphatic heterocycles. The highest BCUT2D eigenvalue weighted by Gasteiger charge is 2.13. The van der Waals surface area contributed by atoms with Crippen LogP contribution in [0.2, 0.25) is 0 Å². The first kappa shape index (κ1) is 16.0. The Balaban J connectivity index is 1.37. The minimum atomic E-state index is -0.185. The molecule has 0 saturated heterocycles. The number of benzene rings is 1. The summed E-state index contributed by atoms with van der Waals surface area (Å²) in [6, 6.07) is 12.7. The van der Waals surface area contributed by atoms with Crippen molar-refractivity contribution in [2.45, 2.75) is 13.1 Å². The Bertz CT molecular complexity index is 909. The van der Waals surface area contributed by atoms with Gasteiger partial charge in [-0.15, -0.1) is 0 Å². The molecule has 0 unspecified atom stereocenters. The fourth-order valence-corrected chi connectivity index (χ4v) is 2.59. The predicted molar refractivity (Wildman–Crippen MR) is 94.0 cm³/mol. The van der Waals surface area contributed by atoms with E-state index in [9.17, 15) is 4.79 Å². The van der Waals surface area contributed by atoms with Crippen molar-refractivity contribution in [3.8, 4) is 11.5 Å². The fourth-order valence-electron chi connectivity index (χ4n) is 2.59. The molecule has 0 atom stereocenters. The smallest absolute Gasteiger partial charge is 0.251 e. The molecule has 26 heavy (non-hydrogen) atoms. The molecule has 0 bridgehead atoms. The average molecular weight is 351 g/mol. The molecule has 132 valence electrons. The number of hydrogen-bond donors (Lipinski definition) is 2. The summed E-state index contributed by atoms with van der Waals surface area (Å²) in [4.78, 5) is 16.5. The number of rotatable bonds is 6. The van der Waals surface area contributed by atoms with E-state index in [1.807, 2.05) is 24.3 Å². The standard InChI is InChI=1S/C19H17N3O4/c23-19(22-11-15-2-1-7-24-15)14-5-6-20-18(9-14)21-10-13-3-4-16-17(8-13)26-12-25-16/h1-9H,10-12H2,(H,20,21)(H,22,23). The van der Waals surface area contributed by atoms with Gasteiger partial charge < -0.3 is 24.5 Å². The Morgan fingerprint density at radius 2 is 2.00 bits per heavy atom. The van der Waals surface area contributed by atoms with E-state index >= 15 is 0 Å². The van der Waals surface area contributed by atoms with Crippen molar-refractivity contribution in [2.24, 2.45) is 0 Å². The van der Waals surface area contributed by atoms with E-state index < -0.39 is 0 Å². The van der Waals surface area contributed by atoms with Crippen molar-refractivity contribution < 1.29 is 18.7 Å². The minimum Gasteiger partial charge on any atom is -0.467 e. The Morgan fingerprint density at radius 1 is 1.08 bits per heavy atom. The molecule has 2 aromatic heterocycles. The van der Waals surface area contributed by atoms with Gasteiger partial charge in [0, 0.05) is 18.3 Å². The molecule has 3 heterocycles. The van der Waals surface area contributed by atoms with Crippen LogP contribution in [0.4, 0.5) is 5.82 Å². The van der Waals surface area contributed by atoms with Gasteiger partial charge in [-0.05, 0) is 42.0 Å². The Hall–Kier alpha value is -3.48. The lowest BCUT2D eigenvalue weighted by molar-refractivity contribution is 0.0948. The summed E-state index contributed by atoms with van der Waals surface area (Å²) in [6.07, 6.45) is 3.18. The third-order valence-corrected chi connectivity index (χ3v) is 3.94. The van der Waals surface area contributed by atoms with Crippen molar-refractivity contribution in [1.29, 1.82) is 0 Å². The molecule has 1 aliphatic rings. The van der Waals surface area contributed by atoms with Gasteiger partial charge in [0.15, 0.2) is 11.5 Å². The van der Waals surface area contributed by atoms with E-state index in [0.29, 0.717) is 30.2 Å². The molecule has 7 nitrogen and oxygen atoms in total. The number of aromatic nitrogens is 1. The van der Waals surface area contributed by atoms with Crippen molar-refractivity contribution in [3.63, 3.8) is 0 Å². The highest BCUT2D eigenvalue weighted by atomic mass is 16.7. The lowest BCUT2D eigenvalue weighted by atomic mass is 10.2. The number of anilines is 1. The Morgan fingerprint density at radius 3 is 2.88 bits per heavy atom. The number of nitrogens with one attached hydrogen (secondary N) is 2. The molecular formula is C19H17N3O4. The number of furan rings is 1. The van der Waals surface area contributed by atoms with Gasteiger partial charge in [-0.25, -0.2) is 4.98 Å². The highest BCUT2D eigenvalue weighted by molar-refractivity contribution is 5.94. The van der Waals surface area contributed by atoms with Crippen LogP contribution in [-0.2, 0) is 13.1 Å². The van der Waals surface area contributed by atoms with Crippen molar-refractivity contribution in [3.05, 3.63) is 71.8 Å². The fraction of sp³-hybridized carbons (Fsp3) is 0.158. The van der Waals surface area contributed by atoms with Crippen LogP contribution >= 0.6 is 0 Å². The van der Waals surface area contributed by atoms with Gasteiger partial charge in [-0.3, -0.25) is 4.79 Å². The number of nitrogens with zero attached hydrogens (tertiary/aromatic N) is 1. The van der Waals surface area contributed by atoms with Crippen molar-refractivity contribution >= 4 is 11.7 Å². The maximum atomic E-state index is 12.3. The lowest BCUT2D eigenvalue weighted by Gasteiger charge is -2.08. The number of carbonyl (C=O) groups is 1. The maximum absolute atomic E-state index is 12.3. The van der Waals surface area contributed by atoms with Crippen LogP contribution in [0.15, 0.2) is 59.3 Å². The summed E-state index contributed by atoms with van der Waals surface area (Å²) in [7, 11) is 0. The lowest BCUT2D eigenvalue weighted by Crippen LogP contribution is -2.22. The molecule has 3 aromatic rings. The van der Waals surface area contributed by atoms with Crippen LogP contribution in [0, 0.1) is 0 Å². The first-order valence-corrected chi connectivity index (χ1v) is 8.17. The topological polar surface area (TPSA) is 85.6 Å². The summed E-state index contributed by atoms with van der Waals surface area (Å²) in [5.74, 6) is 2.63. The first-order valence-electron chi connectivity index (χ1n) is 8.17. The molecule has 0 radical (unpaired) electrons. The summed E-state index contributed by atoms with van der Waals surface area (Å²) in [5.41, 5.74) is 1.56. The monoisotopic (exact) mass is 351 g/mol. The summed E-state index contributed by atoms with van der Waals surface area (Å²) >= 11 is 0. The molecule has 0 aliphatic carbocycles. The predicted octanol–water partition coefficient (Wildman–Crippen LogP) is 2.95. The van der Waals surface area contributed by atoms with E-state index in [1.54, 1.807) is 30.7 Å². The normalized spacial score (nSPS) is 12.0. The van der Waals surface area contributed by atoms with Gasteiger partial charge in [-0.1, -0.05) is 6.07 Å². The molecule has 4 rings (SSSR count). The van der Waals surface area contributed by atoms with E-state index in [1.165, 1.54) is 0 Å². The zero-order valence-corrected chi connectivity index (χ0v) is 13.9. The number of hydrogen-bond acceptors (Lipinski definition) is 6. The zero-order valence-electron chi connectivity index (χ0n) is 13.9. The van der Waals surface area contributed by atoms with Crippen LogP contribution in [-0.4, -0.2) is 17.7 Å². The van der Waals surface area contributed by atoms with E-state index in [0.717, 1.165) is 17.1 Å². The molecule has 1 aromatic carbocycles. The van der Waals surface area contributed by atoms with Crippen LogP contribution in [0.5, 0.6) is 11.5 Å². The number of amides is 1. The maximum Gasteiger partial charge on any atom is 0.251 e. The van der Waals surface area contributed by atoms with Gasteiger partial charge in [0.05, 0.1) is 12.8 Å². The number of ether oxygens (including phenoxy) is 2. The van der Waals surface area contributed by atoms with Crippen LogP contribution in [0.25, 0.3) is 0 Å². The molecule has 7 heteroatoms. The second kappa shape index (κ2) is 7.18. The van der Waals surface area contributed by atoms with Gasteiger partial charge >= 0.3 is 0 Å². The van der Waals surface area contributed by atoms with Crippen molar-refractivity contribution in [1.82, 2.24) is 10.3 Å². The third kappa shape index (κ3) is 3.61. The number of fused-ring (bicyclic) bond motifs is 1. The molecule has 2 N–H and O–H groups in total. The molecule has 0 saturated carbocycles. The minimum absolute atomic E-state index is 0.185. The highest BCUT2D eigenvalue weighted by Crippen LogP contribution is 2.32. The summed E-state index contributed by atoms with van der Waals surface area (Å²) in [5, 5.41) is 6.02. The third-order valence-electron chi connectivity index (χ3n) is 3.94. The van der Waals surface area contributed by atoms with Crippen LogP contribution in [0.3, 0.4) is 0 Å². The molecule has 1 amide bonds. The number of carbonyl (C=O) groups excluding carboxylic acids is 1. The molecular weight excluding hydrogens is 334 g/mol. The SMILES string of the molecule is O=C(NCc1ccco1)c1ccnc(NCc2ccc3c(c2)OCO3)c1. The van der Waals surface area contributed by atoms with Gasteiger partial charge in [0.2, 0.25) is 6.79 Å². The van der Waals surface area contributed by atoms with E-state index in [-0.39, 0.29) is 12.7 Å². The quantitative estimate of drug-likeness (QED) is 0.710. The Labute approximate surface area is 150 Å². The van der Waals surface area contributed by atoms with Gasteiger partial charge in [-0.2, -0.15) is 0 Å². The second-order valence-electron chi connectivity index (χ2n) is 5.73. The molecule has 0 fully saturated rings.